The summed E-state index contributed by atoms with van der Waals surface area (Å²) in [5, 5.41) is 17.9. The minimum Gasteiger partial charge on any atom is -0.478 e. The number of aromatic carboxylic acids is 2. The zero-order chi connectivity index (χ0) is 11.7. The van der Waals surface area contributed by atoms with Gasteiger partial charge in [-0.1, -0.05) is 6.07 Å². The predicted molar refractivity (Wildman–Crippen MR) is 69.1 cm³/mol. The van der Waals surface area contributed by atoms with Gasteiger partial charge in [-0.15, -0.1) is 24.8 Å². The Labute approximate surface area is 111 Å². The molecule has 4 nitrogen and oxygen atoms in total. The van der Waals surface area contributed by atoms with E-state index in [4.69, 9.17) is 10.2 Å². The number of carboxylic acids is 2. The second-order valence-electron chi connectivity index (χ2n) is 3.50. The van der Waals surface area contributed by atoms with Crippen molar-refractivity contribution in [3.63, 3.8) is 0 Å². The van der Waals surface area contributed by atoms with E-state index in [0.29, 0.717) is 16.7 Å². The molecule has 0 aliphatic carbocycles. The second-order valence-corrected chi connectivity index (χ2v) is 3.50. The molecule has 0 spiro atoms. The van der Waals surface area contributed by atoms with Gasteiger partial charge in [-0.05, 0) is 37.5 Å². The molecule has 0 amide bonds. The molecule has 2 N–H and O–H groups in total. The van der Waals surface area contributed by atoms with Crippen LogP contribution >= 0.6 is 24.8 Å². The molecule has 0 aromatic heterocycles. The molecule has 0 fully saturated rings. The standard InChI is InChI=1S/C11H12O4.2ClH/c1-5-4-6(2)9(11(14)15)7(3)8(5)10(12)13;;/h4H,1-3H3,(H,12,13)(H,14,15);2*1H. The minimum absolute atomic E-state index is 0. The number of halogens is 2. The van der Waals surface area contributed by atoms with Crippen LogP contribution in [-0.4, -0.2) is 22.2 Å². The molecule has 0 saturated carbocycles. The summed E-state index contributed by atoms with van der Waals surface area (Å²) < 4.78 is 0. The van der Waals surface area contributed by atoms with Crippen LogP contribution in [0.3, 0.4) is 0 Å². The summed E-state index contributed by atoms with van der Waals surface area (Å²) >= 11 is 0. The summed E-state index contributed by atoms with van der Waals surface area (Å²) in [5.41, 5.74) is 1.65. The quantitative estimate of drug-likeness (QED) is 0.874. The Morgan fingerprint density at radius 3 is 1.41 bits per heavy atom. The summed E-state index contributed by atoms with van der Waals surface area (Å²) in [6.07, 6.45) is 0. The molecule has 0 aliphatic rings. The highest BCUT2D eigenvalue weighted by molar-refractivity contribution is 5.98. The van der Waals surface area contributed by atoms with Gasteiger partial charge in [0.25, 0.3) is 0 Å². The minimum atomic E-state index is -1.09. The fraction of sp³-hybridized carbons (Fsp3) is 0.273. The average Bonchev–Trinajstić information content (AvgIpc) is 1.99. The lowest BCUT2D eigenvalue weighted by atomic mass is 9.93. The maximum atomic E-state index is 10.9. The van der Waals surface area contributed by atoms with E-state index in [9.17, 15) is 9.59 Å². The first kappa shape index (κ1) is 18.1. The van der Waals surface area contributed by atoms with Crippen LogP contribution in [0.2, 0.25) is 0 Å². The summed E-state index contributed by atoms with van der Waals surface area (Å²) in [7, 11) is 0. The summed E-state index contributed by atoms with van der Waals surface area (Å²) in [6.45, 7) is 4.84. The van der Waals surface area contributed by atoms with Crippen molar-refractivity contribution < 1.29 is 19.8 Å². The number of carboxylic acid groups (broad SMARTS) is 2. The summed E-state index contributed by atoms with van der Waals surface area (Å²) in [6, 6.07) is 1.58. The molecular formula is C11H14Cl2O4. The van der Waals surface area contributed by atoms with E-state index < -0.39 is 11.9 Å². The van der Waals surface area contributed by atoms with E-state index in [1.165, 1.54) is 6.92 Å². The van der Waals surface area contributed by atoms with Gasteiger partial charge in [0.1, 0.15) is 0 Å². The van der Waals surface area contributed by atoms with Crippen LogP contribution in [0.15, 0.2) is 6.07 Å². The first-order chi connectivity index (χ1) is 6.86. The van der Waals surface area contributed by atoms with Crippen molar-refractivity contribution in [1.29, 1.82) is 0 Å². The Balaban J connectivity index is 0. The molecule has 0 saturated heterocycles. The van der Waals surface area contributed by atoms with Crippen molar-refractivity contribution >= 4 is 36.8 Å². The second kappa shape index (κ2) is 6.47. The Kier molecular flexibility index (Phi) is 6.89. The topological polar surface area (TPSA) is 74.6 Å². The molecule has 1 rings (SSSR count). The smallest absolute Gasteiger partial charge is 0.336 e. The van der Waals surface area contributed by atoms with Gasteiger partial charge in [0.15, 0.2) is 0 Å². The molecule has 0 atom stereocenters. The van der Waals surface area contributed by atoms with E-state index in [-0.39, 0.29) is 35.9 Å². The van der Waals surface area contributed by atoms with Crippen LogP contribution in [0.25, 0.3) is 0 Å². The molecule has 0 radical (unpaired) electrons. The monoisotopic (exact) mass is 280 g/mol. The third-order valence-corrected chi connectivity index (χ3v) is 2.40. The van der Waals surface area contributed by atoms with Crippen molar-refractivity contribution in [1.82, 2.24) is 0 Å². The van der Waals surface area contributed by atoms with Gasteiger partial charge in [-0.25, -0.2) is 9.59 Å². The van der Waals surface area contributed by atoms with Gasteiger partial charge in [0.05, 0.1) is 11.1 Å². The molecular weight excluding hydrogens is 267 g/mol. The van der Waals surface area contributed by atoms with Gasteiger partial charge in [0, 0.05) is 0 Å². The van der Waals surface area contributed by atoms with Gasteiger partial charge in [-0.2, -0.15) is 0 Å². The molecule has 96 valence electrons. The first-order valence-electron chi connectivity index (χ1n) is 4.43. The van der Waals surface area contributed by atoms with Crippen LogP contribution in [0.1, 0.15) is 37.4 Å². The third-order valence-electron chi connectivity index (χ3n) is 2.40. The van der Waals surface area contributed by atoms with Crippen molar-refractivity contribution in [2.45, 2.75) is 20.8 Å². The first-order valence-corrected chi connectivity index (χ1v) is 4.43. The molecule has 17 heavy (non-hydrogen) atoms. The maximum absolute atomic E-state index is 10.9. The van der Waals surface area contributed by atoms with E-state index in [0.717, 1.165) is 0 Å². The SMILES string of the molecule is Cc1cc(C)c(C(=O)O)c(C)c1C(=O)O.Cl.Cl. The average molecular weight is 281 g/mol. The predicted octanol–water partition coefficient (Wildman–Crippen LogP) is 2.85. The molecule has 1 aromatic carbocycles. The lowest BCUT2D eigenvalue weighted by Gasteiger charge is -2.11. The zero-order valence-electron chi connectivity index (χ0n) is 9.60. The number of aryl methyl sites for hydroxylation is 2. The van der Waals surface area contributed by atoms with E-state index in [1.54, 1.807) is 19.9 Å². The van der Waals surface area contributed by atoms with Crippen molar-refractivity contribution in [3.05, 3.63) is 33.9 Å². The Hall–Kier alpha value is -1.26. The molecule has 1 aromatic rings. The van der Waals surface area contributed by atoms with Crippen LogP contribution < -0.4 is 0 Å². The number of hydrogen-bond acceptors (Lipinski definition) is 2. The largest absolute Gasteiger partial charge is 0.478 e. The molecule has 6 heteroatoms. The number of carbonyl (C=O) groups is 2. The zero-order valence-corrected chi connectivity index (χ0v) is 11.2. The number of rotatable bonds is 2. The Morgan fingerprint density at radius 2 is 1.18 bits per heavy atom. The van der Waals surface area contributed by atoms with Gasteiger partial charge in [0.2, 0.25) is 0 Å². The van der Waals surface area contributed by atoms with E-state index >= 15 is 0 Å². The van der Waals surface area contributed by atoms with Crippen molar-refractivity contribution in [2.24, 2.45) is 0 Å². The lowest BCUT2D eigenvalue weighted by molar-refractivity contribution is 0.0695. The Bertz CT molecular complexity index is 417. The van der Waals surface area contributed by atoms with Crippen LogP contribution in [0.5, 0.6) is 0 Å². The van der Waals surface area contributed by atoms with Crippen molar-refractivity contribution in [3.8, 4) is 0 Å². The van der Waals surface area contributed by atoms with Gasteiger partial charge in [-0.3, -0.25) is 0 Å². The highest BCUT2D eigenvalue weighted by atomic mass is 35.5. The van der Waals surface area contributed by atoms with Crippen LogP contribution in [-0.2, 0) is 0 Å². The van der Waals surface area contributed by atoms with Crippen LogP contribution in [0, 0.1) is 20.8 Å². The van der Waals surface area contributed by atoms with Gasteiger partial charge >= 0.3 is 11.9 Å². The molecule has 0 unspecified atom stereocenters. The third kappa shape index (κ3) is 3.35. The van der Waals surface area contributed by atoms with Gasteiger partial charge < -0.3 is 10.2 Å². The Morgan fingerprint density at radius 1 is 0.882 bits per heavy atom. The lowest BCUT2D eigenvalue weighted by Crippen LogP contribution is -2.11. The fourth-order valence-electron chi connectivity index (χ4n) is 1.84. The van der Waals surface area contributed by atoms with E-state index in [2.05, 4.69) is 0 Å². The highest BCUT2D eigenvalue weighted by Crippen LogP contribution is 2.22. The normalized spacial score (nSPS) is 8.88. The van der Waals surface area contributed by atoms with E-state index in [1.807, 2.05) is 0 Å². The van der Waals surface area contributed by atoms with Crippen LogP contribution in [0.4, 0.5) is 0 Å². The molecule has 0 heterocycles. The molecule has 0 bridgehead atoms. The maximum Gasteiger partial charge on any atom is 0.336 e. The molecule has 0 aliphatic heterocycles. The summed E-state index contributed by atoms with van der Waals surface area (Å²) in [5.74, 6) is -2.18. The summed E-state index contributed by atoms with van der Waals surface area (Å²) in [4.78, 5) is 21.9. The number of hydrogen-bond donors (Lipinski definition) is 2. The van der Waals surface area contributed by atoms with Crippen molar-refractivity contribution in [2.75, 3.05) is 0 Å². The fourth-order valence-corrected chi connectivity index (χ4v) is 1.84. The highest BCUT2D eigenvalue weighted by Gasteiger charge is 2.19. The number of benzene rings is 1.